The number of benzene rings is 1. The second-order valence-corrected chi connectivity index (χ2v) is 2.93. The van der Waals surface area contributed by atoms with E-state index in [1.165, 1.54) is 12.1 Å². The smallest absolute Gasteiger partial charge is 0.271 e. The number of hydrogen-bond acceptors (Lipinski definition) is 2. The van der Waals surface area contributed by atoms with E-state index in [0.717, 1.165) is 12.1 Å². The quantitative estimate of drug-likeness (QED) is 0.600. The Labute approximate surface area is 85.6 Å². The molecule has 1 aromatic carbocycles. The number of alkyl halides is 3. The molecule has 3 N–H and O–H groups in total. The summed E-state index contributed by atoms with van der Waals surface area (Å²) in [6, 6.07) is 4.93. The van der Waals surface area contributed by atoms with Gasteiger partial charge in [0.2, 0.25) is 0 Å². The fourth-order valence-electron chi connectivity index (χ4n) is 1.05. The molecule has 0 unspecified atom stereocenters. The number of halogens is 3. The highest BCUT2D eigenvalue weighted by atomic mass is 19.4. The Morgan fingerprint density at radius 1 is 1.20 bits per heavy atom. The van der Waals surface area contributed by atoms with Crippen molar-refractivity contribution in [1.29, 1.82) is 0 Å². The average Bonchev–Trinajstić information content (AvgIpc) is 2.18. The van der Waals surface area contributed by atoms with Gasteiger partial charge in [-0.25, -0.2) is 0 Å². The molecule has 1 aromatic rings. The van der Waals surface area contributed by atoms with E-state index in [4.69, 9.17) is 5.84 Å². The van der Waals surface area contributed by atoms with E-state index in [9.17, 15) is 13.2 Å². The monoisotopic (exact) mass is 216 g/mol. The van der Waals surface area contributed by atoms with E-state index >= 15 is 0 Å². The van der Waals surface area contributed by atoms with Crippen LogP contribution in [-0.2, 0) is 6.18 Å². The molecule has 0 amide bonds. The van der Waals surface area contributed by atoms with Crippen LogP contribution in [0.4, 0.5) is 13.2 Å². The van der Waals surface area contributed by atoms with E-state index in [1.807, 2.05) is 0 Å². The maximum absolute atomic E-state index is 12.2. The van der Waals surface area contributed by atoms with Gasteiger partial charge in [0, 0.05) is 6.54 Å². The Balaban J connectivity index is 2.73. The maximum Gasteiger partial charge on any atom is 0.416 e. The van der Waals surface area contributed by atoms with Crippen LogP contribution in [0.25, 0.3) is 6.08 Å². The molecule has 0 bridgehead atoms. The molecule has 0 fully saturated rings. The number of hydrogen-bond donors (Lipinski definition) is 2. The molecule has 0 aliphatic carbocycles. The highest BCUT2D eigenvalue weighted by Gasteiger charge is 2.29. The largest absolute Gasteiger partial charge is 0.416 e. The van der Waals surface area contributed by atoms with E-state index in [1.54, 1.807) is 12.2 Å². The number of nitrogens with two attached hydrogens (primary N) is 1. The van der Waals surface area contributed by atoms with Crippen LogP contribution in [0.15, 0.2) is 30.3 Å². The van der Waals surface area contributed by atoms with Gasteiger partial charge in [0.1, 0.15) is 0 Å². The van der Waals surface area contributed by atoms with E-state index in [-0.39, 0.29) is 0 Å². The first-order valence-corrected chi connectivity index (χ1v) is 4.31. The molecule has 0 atom stereocenters. The first-order chi connectivity index (χ1) is 7.04. The molecule has 0 spiro atoms. The molecular weight excluding hydrogens is 205 g/mol. The molecule has 0 aliphatic heterocycles. The van der Waals surface area contributed by atoms with Gasteiger partial charge in [-0.1, -0.05) is 24.3 Å². The first kappa shape index (κ1) is 11.7. The molecule has 15 heavy (non-hydrogen) atoms. The van der Waals surface area contributed by atoms with Crippen molar-refractivity contribution >= 4 is 6.08 Å². The average molecular weight is 216 g/mol. The molecule has 2 nitrogen and oxygen atoms in total. The Bertz CT molecular complexity index is 328. The zero-order chi connectivity index (χ0) is 11.3. The third-order valence-corrected chi connectivity index (χ3v) is 1.78. The highest BCUT2D eigenvalue weighted by Crippen LogP contribution is 2.29. The Hall–Kier alpha value is -1.33. The second-order valence-electron chi connectivity index (χ2n) is 2.93. The van der Waals surface area contributed by atoms with Crippen molar-refractivity contribution in [2.45, 2.75) is 6.18 Å². The van der Waals surface area contributed by atoms with Gasteiger partial charge in [0.15, 0.2) is 0 Å². The zero-order valence-electron chi connectivity index (χ0n) is 7.88. The Kier molecular flexibility index (Phi) is 3.88. The molecule has 0 saturated heterocycles. The molecule has 0 radical (unpaired) electrons. The van der Waals surface area contributed by atoms with Crippen LogP contribution >= 0.6 is 0 Å². The SMILES string of the molecule is NNCC=Cc1ccc(C(F)(F)F)cc1. The lowest BCUT2D eigenvalue weighted by molar-refractivity contribution is -0.137. The summed E-state index contributed by atoms with van der Waals surface area (Å²) in [5.41, 5.74) is 2.47. The summed E-state index contributed by atoms with van der Waals surface area (Å²) >= 11 is 0. The van der Waals surface area contributed by atoms with Gasteiger partial charge in [-0.3, -0.25) is 11.3 Å². The fourth-order valence-corrected chi connectivity index (χ4v) is 1.05. The van der Waals surface area contributed by atoms with Crippen LogP contribution in [-0.4, -0.2) is 6.54 Å². The van der Waals surface area contributed by atoms with Gasteiger partial charge < -0.3 is 0 Å². The van der Waals surface area contributed by atoms with Gasteiger partial charge in [-0.2, -0.15) is 13.2 Å². The van der Waals surface area contributed by atoms with Gasteiger partial charge in [0.25, 0.3) is 0 Å². The van der Waals surface area contributed by atoms with Crippen molar-refractivity contribution in [2.24, 2.45) is 5.84 Å². The topological polar surface area (TPSA) is 38.0 Å². The van der Waals surface area contributed by atoms with Crippen molar-refractivity contribution in [1.82, 2.24) is 5.43 Å². The number of hydrazine groups is 1. The molecule has 82 valence electrons. The van der Waals surface area contributed by atoms with Crippen molar-refractivity contribution in [3.63, 3.8) is 0 Å². The minimum Gasteiger partial charge on any atom is -0.271 e. The van der Waals surface area contributed by atoms with Crippen molar-refractivity contribution in [3.05, 3.63) is 41.5 Å². The molecule has 5 heteroatoms. The number of rotatable bonds is 3. The fraction of sp³-hybridized carbons (Fsp3) is 0.200. The standard InChI is InChI=1S/C10H11F3N2/c11-10(12,13)9-5-3-8(4-6-9)2-1-7-15-14/h1-6,15H,7,14H2. The van der Waals surface area contributed by atoms with Crippen LogP contribution in [0.5, 0.6) is 0 Å². The maximum atomic E-state index is 12.2. The van der Waals surface area contributed by atoms with E-state index in [0.29, 0.717) is 12.1 Å². The molecule has 0 saturated carbocycles. The van der Waals surface area contributed by atoms with Crippen molar-refractivity contribution in [2.75, 3.05) is 6.54 Å². The molecule has 0 aromatic heterocycles. The van der Waals surface area contributed by atoms with Crippen LogP contribution in [0.3, 0.4) is 0 Å². The lowest BCUT2D eigenvalue weighted by Crippen LogP contribution is -2.21. The first-order valence-electron chi connectivity index (χ1n) is 4.31. The lowest BCUT2D eigenvalue weighted by atomic mass is 10.1. The summed E-state index contributed by atoms with van der Waals surface area (Å²) in [5, 5.41) is 0. The normalized spacial score (nSPS) is 12.3. The second kappa shape index (κ2) is 4.95. The highest BCUT2D eigenvalue weighted by molar-refractivity contribution is 5.50. The molecule has 0 heterocycles. The minimum absolute atomic E-state index is 0.473. The summed E-state index contributed by atoms with van der Waals surface area (Å²) in [4.78, 5) is 0. The summed E-state index contributed by atoms with van der Waals surface area (Å²) in [7, 11) is 0. The Morgan fingerprint density at radius 3 is 2.27 bits per heavy atom. The van der Waals surface area contributed by atoms with Gasteiger partial charge >= 0.3 is 6.18 Å². The molecular formula is C10H11F3N2. The molecule has 0 aliphatic rings. The predicted molar refractivity (Wildman–Crippen MR) is 52.7 cm³/mol. The number of nitrogens with one attached hydrogen (secondary N) is 1. The Morgan fingerprint density at radius 2 is 1.80 bits per heavy atom. The summed E-state index contributed by atoms with van der Waals surface area (Å²) in [5.74, 6) is 5.02. The van der Waals surface area contributed by atoms with Crippen molar-refractivity contribution in [3.8, 4) is 0 Å². The van der Waals surface area contributed by atoms with Crippen LogP contribution < -0.4 is 11.3 Å². The van der Waals surface area contributed by atoms with Crippen LogP contribution in [0, 0.1) is 0 Å². The van der Waals surface area contributed by atoms with Crippen LogP contribution in [0.1, 0.15) is 11.1 Å². The van der Waals surface area contributed by atoms with E-state index in [2.05, 4.69) is 5.43 Å². The zero-order valence-corrected chi connectivity index (χ0v) is 7.88. The minimum atomic E-state index is -4.28. The summed E-state index contributed by atoms with van der Waals surface area (Å²) in [6.07, 6.45) is -0.857. The summed E-state index contributed by atoms with van der Waals surface area (Å²) < 4.78 is 36.5. The third kappa shape index (κ3) is 3.73. The van der Waals surface area contributed by atoms with Crippen LogP contribution in [0.2, 0.25) is 0 Å². The summed E-state index contributed by atoms with van der Waals surface area (Å²) in [6.45, 7) is 0.473. The van der Waals surface area contributed by atoms with Crippen molar-refractivity contribution < 1.29 is 13.2 Å². The van der Waals surface area contributed by atoms with Gasteiger partial charge in [-0.15, -0.1) is 0 Å². The molecule has 1 rings (SSSR count). The van der Waals surface area contributed by atoms with Gasteiger partial charge in [0.05, 0.1) is 5.56 Å². The predicted octanol–water partition coefficient (Wildman–Crippen LogP) is 2.18. The van der Waals surface area contributed by atoms with Gasteiger partial charge in [-0.05, 0) is 17.7 Å². The third-order valence-electron chi connectivity index (χ3n) is 1.78. The lowest BCUT2D eigenvalue weighted by Gasteiger charge is -2.05. The van der Waals surface area contributed by atoms with E-state index < -0.39 is 11.7 Å².